The zero-order chi connectivity index (χ0) is 11.1. The SMILES string of the molecule is COC1OC(C#N)c2cc3c(cc21)OCO3. The van der Waals surface area contributed by atoms with E-state index >= 15 is 0 Å². The zero-order valence-corrected chi connectivity index (χ0v) is 8.60. The second-order valence-corrected chi connectivity index (χ2v) is 3.55. The number of hydrogen-bond donors (Lipinski definition) is 0. The number of rotatable bonds is 1. The lowest BCUT2D eigenvalue weighted by Crippen LogP contribution is -1.99. The Morgan fingerprint density at radius 2 is 2.00 bits per heavy atom. The largest absolute Gasteiger partial charge is 0.454 e. The summed E-state index contributed by atoms with van der Waals surface area (Å²) in [4.78, 5) is 0. The van der Waals surface area contributed by atoms with Gasteiger partial charge < -0.3 is 18.9 Å². The number of benzene rings is 1. The molecule has 0 bridgehead atoms. The van der Waals surface area contributed by atoms with Gasteiger partial charge in [-0.2, -0.15) is 5.26 Å². The summed E-state index contributed by atoms with van der Waals surface area (Å²) < 4.78 is 21.1. The average Bonchev–Trinajstić information content (AvgIpc) is 2.88. The van der Waals surface area contributed by atoms with Crippen LogP contribution in [0.2, 0.25) is 0 Å². The van der Waals surface area contributed by atoms with Gasteiger partial charge in [-0.25, -0.2) is 0 Å². The van der Waals surface area contributed by atoms with Gasteiger partial charge in [0.05, 0.1) is 6.07 Å². The Hall–Kier alpha value is -1.77. The molecule has 2 aliphatic rings. The van der Waals surface area contributed by atoms with Crippen LogP contribution in [0.25, 0.3) is 0 Å². The third-order valence-electron chi connectivity index (χ3n) is 2.71. The van der Waals surface area contributed by atoms with E-state index in [2.05, 4.69) is 6.07 Å². The molecule has 0 saturated carbocycles. The summed E-state index contributed by atoms with van der Waals surface area (Å²) in [6.07, 6.45) is -1.11. The Kier molecular flexibility index (Phi) is 1.99. The van der Waals surface area contributed by atoms with Gasteiger partial charge in [-0.05, 0) is 12.1 Å². The second kappa shape index (κ2) is 3.37. The fraction of sp³-hybridized carbons (Fsp3) is 0.364. The van der Waals surface area contributed by atoms with Crippen molar-refractivity contribution in [3.63, 3.8) is 0 Å². The van der Waals surface area contributed by atoms with Crippen molar-refractivity contribution in [1.29, 1.82) is 5.26 Å². The van der Waals surface area contributed by atoms with Crippen LogP contribution >= 0.6 is 0 Å². The summed E-state index contributed by atoms with van der Waals surface area (Å²) in [5.41, 5.74) is 1.62. The van der Waals surface area contributed by atoms with Crippen molar-refractivity contribution >= 4 is 0 Å². The number of nitriles is 1. The molecule has 0 saturated heterocycles. The lowest BCUT2D eigenvalue weighted by molar-refractivity contribution is -0.129. The highest BCUT2D eigenvalue weighted by Crippen LogP contribution is 2.45. The minimum Gasteiger partial charge on any atom is -0.454 e. The maximum Gasteiger partial charge on any atom is 0.231 e. The Morgan fingerprint density at radius 1 is 1.31 bits per heavy atom. The normalized spacial score (nSPS) is 25.2. The highest BCUT2D eigenvalue weighted by atomic mass is 16.7. The molecule has 5 heteroatoms. The molecule has 2 atom stereocenters. The molecular weight excluding hydrogens is 210 g/mol. The van der Waals surface area contributed by atoms with Gasteiger partial charge in [0.1, 0.15) is 0 Å². The van der Waals surface area contributed by atoms with E-state index in [1.54, 1.807) is 13.2 Å². The summed E-state index contributed by atoms with van der Waals surface area (Å²) in [7, 11) is 1.54. The fourth-order valence-electron chi connectivity index (χ4n) is 1.96. The van der Waals surface area contributed by atoms with E-state index in [4.69, 9.17) is 24.2 Å². The Morgan fingerprint density at radius 3 is 2.62 bits per heavy atom. The van der Waals surface area contributed by atoms with Crippen molar-refractivity contribution in [1.82, 2.24) is 0 Å². The molecule has 1 aromatic rings. The summed E-state index contributed by atoms with van der Waals surface area (Å²) in [5.74, 6) is 1.32. The van der Waals surface area contributed by atoms with Crippen LogP contribution in [0.4, 0.5) is 0 Å². The molecule has 2 aliphatic heterocycles. The summed E-state index contributed by atoms with van der Waals surface area (Å²) in [6.45, 7) is 0.216. The molecule has 5 nitrogen and oxygen atoms in total. The van der Waals surface area contributed by atoms with E-state index < -0.39 is 12.4 Å². The molecule has 0 aromatic heterocycles. The molecule has 2 unspecified atom stereocenters. The minimum atomic E-state index is -0.602. The molecule has 0 spiro atoms. The van der Waals surface area contributed by atoms with Crippen molar-refractivity contribution in [2.24, 2.45) is 0 Å². The molecule has 3 rings (SSSR count). The number of ether oxygens (including phenoxy) is 4. The first-order valence-corrected chi connectivity index (χ1v) is 4.85. The minimum absolute atomic E-state index is 0.216. The first kappa shape index (κ1) is 9.46. The number of nitrogens with zero attached hydrogens (tertiary/aromatic N) is 1. The molecule has 2 heterocycles. The van der Waals surface area contributed by atoms with Gasteiger partial charge in [0.25, 0.3) is 0 Å². The third kappa shape index (κ3) is 1.18. The quantitative estimate of drug-likeness (QED) is 0.718. The molecule has 16 heavy (non-hydrogen) atoms. The third-order valence-corrected chi connectivity index (χ3v) is 2.71. The van der Waals surface area contributed by atoms with Crippen LogP contribution in [0.1, 0.15) is 23.5 Å². The second-order valence-electron chi connectivity index (χ2n) is 3.55. The predicted molar refractivity (Wildman–Crippen MR) is 51.8 cm³/mol. The Bertz CT molecular complexity index is 480. The van der Waals surface area contributed by atoms with Crippen molar-refractivity contribution in [3.8, 4) is 17.6 Å². The first-order chi connectivity index (χ1) is 7.83. The van der Waals surface area contributed by atoms with Gasteiger partial charge in [0, 0.05) is 18.2 Å². The van der Waals surface area contributed by atoms with E-state index in [0.717, 1.165) is 11.1 Å². The molecular formula is C11H9NO4. The van der Waals surface area contributed by atoms with Gasteiger partial charge in [-0.3, -0.25) is 0 Å². The van der Waals surface area contributed by atoms with Crippen molar-refractivity contribution in [3.05, 3.63) is 23.3 Å². The smallest absolute Gasteiger partial charge is 0.231 e. The fourth-order valence-corrected chi connectivity index (χ4v) is 1.96. The molecule has 1 aromatic carbocycles. The van der Waals surface area contributed by atoms with Gasteiger partial charge in [0.2, 0.25) is 6.79 Å². The molecule has 0 radical (unpaired) electrons. The van der Waals surface area contributed by atoms with E-state index in [0.29, 0.717) is 11.5 Å². The van der Waals surface area contributed by atoms with Crippen LogP contribution in [0.15, 0.2) is 12.1 Å². The standard InChI is InChI=1S/C11H9NO4/c1-13-11-7-3-9-8(14-5-15-9)2-6(7)10(4-12)16-11/h2-3,10-11H,5H2,1H3. The predicted octanol–water partition coefficient (Wildman–Crippen LogP) is 1.66. The highest BCUT2D eigenvalue weighted by Gasteiger charge is 2.34. The number of methoxy groups -OCH3 is 1. The first-order valence-electron chi connectivity index (χ1n) is 4.85. The van der Waals surface area contributed by atoms with E-state index in [1.165, 1.54) is 0 Å². The van der Waals surface area contributed by atoms with E-state index in [-0.39, 0.29) is 6.79 Å². The monoisotopic (exact) mass is 219 g/mol. The highest BCUT2D eigenvalue weighted by molar-refractivity contribution is 5.52. The number of hydrogen-bond acceptors (Lipinski definition) is 5. The van der Waals surface area contributed by atoms with Crippen molar-refractivity contribution < 1.29 is 18.9 Å². The maximum atomic E-state index is 8.97. The van der Waals surface area contributed by atoms with Crippen LogP contribution in [-0.2, 0) is 9.47 Å². The topological polar surface area (TPSA) is 60.7 Å². The molecule has 0 fully saturated rings. The Labute approximate surface area is 92.1 Å². The van der Waals surface area contributed by atoms with Crippen LogP contribution in [-0.4, -0.2) is 13.9 Å². The molecule has 0 N–H and O–H groups in total. The van der Waals surface area contributed by atoms with E-state index in [9.17, 15) is 0 Å². The van der Waals surface area contributed by atoms with Crippen LogP contribution in [0.5, 0.6) is 11.5 Å². The van der Waals surface area contributed by atoms with Gasteiger partial charge in [-0.15, -0.1) is 0 Å². The molecule has 0 aliphatic carbocycles. The van der Waals surface area contributed by atoms with Gasteiger partial charge in [0.15, 0.2) is 23.9 Å². The van der Waals surface area contributed by atoms with Crippen LogP contribution < -0.4 is 9.47 Å². The van der Waals surface area contributed by atoms with Gasteiger partial charge >= 0.3 is 0 Å². The Balaban J connectivity index is 2.13. The maximum absolute atomic E-state index is 8.97. The lowest BCUT2D eigenvalue weighted by Gasteiger charge is -2.08. The number of fused-ring (bicyclic) bond motifs is 2. The van der Waals surface area contributed by atoms with Crippen LogP contribution in [0, 0.1) is 11.3 Å². The molecule has 0 amide bonds. The van der Waals surface area contributed by atoms with Crippen molar-refractivity contribution in [2.45, 2.75) is 12.4 Å². The zero-order valence-electron chi connectivity index (χ0n) is 8.60. The summed E-state index contributed by atoms with van der Waals surface area (Å²) in [6, 6.07) is 5.67. The summed E-state index contributed by atoms with van der Waals surface area (Å²) in [5, 5.41) is 8.97. The summed E-state index contributed by atoms with van der Waals surface area (Å²) >= 11 is 0. The van der Waals surface area contributed by atoms with Crippen molar-refractivity contribution in [2.75, 3.05) is 13.9 Å². The van der Waals surface area contributed by atoms with Crippen LogP contribution in [0.3, 0.4) is 0 Å². The molecule has 82 valence electrons. The average molecular weight is 219 g/mol. The van der Waals surface area contributed by atoms with Gasteiger partial charge in [-0.1, -0.05) is 0 Å². The lowest BCUT2D eigenvalue weighted by atomic mass is 10.0. The van der Waals surface area contributed by atoms with E-state index in [1.807, 2.05) is 6.07 Å².